The molecule has 2 aromatic rings. The minimum absolute atomic E-state index is 0.0509. The molecule has 0 aliphatic carbocycles. The fourth-order valence-electron chi connectivity index (χ4n) is 2.51. The van der Waals surface area contributed by atoms with Crippen LogP contribution in [0.2, 0.25) is 0 Å². The number of rotatable bonds is 11. The Bertz CT molecular complexity index is 638. The van der Waals surface area contributed by atoms with Gasteiger partial charge >= 0.3 is 0 Å². The highest BCUT2D eigenvalue weighted by Crippen LogP contribution is 2.31. The third-order valence-corrected chi connectivity index (χ3v) is 6.05. The maximum absolute atomic E-state index is 12.6. The van der Waals surface area contributed by atoms with Crippen molar-refractivity contribution in [2.24, 2.45) is 5.92 Å². The number of nitrogens with one attached hydrogen (secondary N) is 1. The highest BCUT2D eigenvalue weighted by Gasteiger charge is 2.20. The first-order valence-corrected chi connectivity index (χ1v) is 11.2. The summed E-state index contributed by atoms with van der Waals surface area (Å²) in [5.41, 5.74) is 0.582. The van der Waals surface area contributed by atoms with E-state index in [1.807, 2.05) is 5.38 Å². The van der Waals surface area contributed by atoms with Crippen molar-refractivity contribution < 1.29 is 4.79 Å². The molecule has 0 aliphatic rings. The third-order valence-electron chi connectivity index (χ3n) is 3.74. The summed E-state index contributed by atoms with van der Waals surface area (Å²) in [5, 5.41) is 6.71. The molecule has 0 aromatic carbocycles. The van der Waals surface area contributed by atoms with Gasteiger partial charge in [0, 0.05) is 23.0 Å². The molecule has 0 fully saturated rings. The van der Waals surface area contributed by atoms with Gasteiger partial charge in [0.15, 0.2) is 10.0 Å². The van der Waals surface area contributed by atoms with Crippen molar-refractivity contribution in [3.63, 3.8) is 0 Å². The standard InChI is InChI=1S/C18H27N3OS3/c1-13(2)12-14-15(21-18(25-14)17-20-9-11-24-17)16(22)19-8-6-4-3-5-7-10-23/h9,11,13,23H,3-8,10,12H2,1-2H3,(H,19,22). The molecule has 4 nitrogen and oxygen atoms in total. The maximum atomic E-state index is 12.6. The van der Waals surface area contributed by atoms with Crippen molar-refractivity contribution in [2.75, 3.05) is 12.3 Å². The molecule has 2 aromatic heterocycles. The van der Waals surface area contributed by atoms with Gasteiger partial charge in [-0.15, -0.1) is 22.7 Å². The zero-order valence-corrected chi connectivity index (χ0v) is 17.5. The van der Waals surface area contributed by atoms with E-state index in [1.165, 1.54) is 19.3 Å². The van der Waals surface area contributed by atoms with E-state index in [1.54, 1.807) is 28.9 Å². The van der Waals surface area contributed by atoms with Crippen LogP contribution < -0.4 is 5.32 Å². The van der Waals surface area contributed by atoms with Crippen LogP contribution in [-0.4, -0.2) is 28.2 Å². The van der Waals surface area contributed by atoms with Gasteiger partial charge in [0.1, 0.15) is 5.69 Å². The number of hydrogen-bond acceptors (Lipinski definition) is 6. The Morgan fingerprint density at radius 3 is 2.64 bits per heavy atom. The molecule has 0 aliphatic heterocycles. The van der Waals surface area contributed by atoms with Gasteiger partial charge in [-0.2, -0.15) is 12.6 Å². The van der Waals surface area contributed by atoms with E-state index in [9.17, 15) is 4.79 Å². The van der Waals surface area contributed by atoms with Crippen LogP contribution in [0.25, 0.3) is 10.0 Å². The molecule has 1 amide bonds. The number of thiazole rings is 2. The Morgan fingerprint density at radius 1 is 1.20 bits per heavy atom. The van der Waals surface area contributed by atoms with Crippen LogP contribution in [0, 0.1) is 5.92 Å². The highest BCUT2D eigenvalue weighted by molar-refractivity contribution is 7.80. The minimum Gasteiger partial charge on any atom is -0.351 e. The number of nitrogens with zero attached hydrogens (tertiary/aromatic N) is 2. The molecule has 0 unspecified atom stereocenters. The van der Waals surface area contributed by atoms with E-state index in [0.717, 1.165) is 39.9 Å². The third kappa shape index (κ3) is 6.72. The van der Waals surface area contributed by atoms with E-state index < -0.39 is 0 Å². The lowest BCUT2D eigenvalue weighted by Gasteiger charge is -2.06. The average molecular weight is 398 g/mol. The SMILES string of the molecule is CC(C)Cc1sc(-c2nccs2)nc1C(=O)NCCCCCCCS. The molecule has 7 heteroatoms. The monoisotopic (exact) mass is 397 g/mol. The summed E-state index contributed by atoms with van der Waals surface area (Å²) in [6.07, 6.45) is 8.41. The first-order chi connectivity index (χ1) is 12.1. The van der Waals surface area contributed by atoms with Crippen molar-refractivity contribution in [1.82, 2.24) is 15.3 Å². The Labute approximate surface area is 163 Å². The molecule has 0 spiro atoms. The summed E-state index contributed by atoms with van der Waals surface area (Å²) in [7, 11) is 0. The molecule has 0 saturated carbocycles. The van der Waals surface area contributed by atoms with Gasteiger partial charge in [0.25, 0.3) is 5.91 Å². The average Bonchev–Trinajstić information content (AvgIpc) is 3.22. The fourth-order valence-corrected chi connectivity index (χ4v) is 4.69. The summed E-state index contributed by atoms with van der Waals surface area (Å²) < 4.78 is 0. The van der Waals surface area contributed by atoms with Crippen LogP contribution in [0.1, 0.15) is 61.3 Å². The molecular weight excluding hydrogens is 370 g/mol. The van der Waals surface area contributed by atoms with Crippen molar-refractivity contribution in [2.45, 2.75) is 52.4 Å². The summed E-state index contributed by atoms with van der Waals surface area (Å²) >= 11 is 7.38. The van der Waals surface area contributed by atoms with Crippen molar-refractivity contribution in [3.05, 3.63) is 22.1 Å². The van der Waals surface area contributed by atoms with Gasteiger partial charge in [-0.1, -0.05) is 33.1 Å². The van der Waals surface area contributed by atoms with E-state index in [-0.39, 0.29) is 5.91 Å². The number of thiol groups is 1. The summed E-state index contributed by atoms with van der Waals surface area (Å²) in [5.74, 6) is 1.40. The van der Waals surface area contributed by atoms with Crippen LogP contribution in [0.3, 0.4) is 0 Å². The molecule has 0 radical (unpaired) electrons. The summed E-state index contributed by atoms with van der Waals surface area (Å²) in [6, 6.07) is 0. The van der Waals surface area contributed by atoms with Gasteiger partial charge in [-0.05, 0) is 30.9 Å². The quantitative estimate of drug-likeness (QED) is 0.411. The fraction of sp³-hybridized carbons (Fsp3) is 0.611. The normalized spacial score (nSPS) is 11.2. The molecule has 1 N–H and O–H groups in total. The smallest absolute Gasteiger partial charge is 0.271 e. The molecular formula is C18H27N3OS3. The Hall–Kier alpha value is -0.920. The maximum Gasteiger partial charge on any atom is 0.271 e. The highest BCUT2D eigenvalue weighted by atomic mass is 32.1. The first kappa shape index (κ1) is 20.4. The lowest BCUT2D eigenvalue weighted by molar-refractivity contribution is 0.0947. The second-order valence-corrected chi connectivity index (χ2v) is 8.90. The number of aromatic nitrogens is 2. The van der Waals surface area contributed by atoms with E-state index in [0.29, 0.717) is 18.2 Å². The molecule has 25 heavy (non-hydrogen) atoms. The molecule has 0 atom stereocenters. The van der Waals surface area contributed by atoms with E-state index in [2.05, 4.69) is 41.8 Å². The van der Waals surface area contributed by atoms with Gasteiger partial charge < -0.3 is 5.32 Å². The number of carbonyl (C=O) groups is 1. The zero-order chi connectivity index (χ0) is 18.1. The number of hydrogen-bond donors (Lipinski definition) is 2. The first-order valence-electron chi connectivity index (χ1n) is 8.90. The minimum atomic E-state index is -0.0509. The second-order valence-electron chi connectivity index (χ2n) is 6.47. The lowest BCUT2D eigenvalue weighted by Crippen LogP contribution is -2.25. The molecule has 0 saturated heterocycles. The molecule has 0 bridgehead atoms. The zero-order valence-electron chi connectivity index (χ0n) is 15.0. The largest absolute Gasteiger partial charge is 0.351 e. The van der Waals surface area contributed by atoms with Gasteiger partial charge in [0.05, 0.1) is 0 Å². The second kappa shape index (κ2) is 10.9. The van der Waals surface area contributed by atoms with Crippen LogP contribution in [0.4, 0.5) is 0 Å². The summed E-state index contributed by atoms with van der Waals surface area (Å²) in [4.78, 5) is 22.5. The van der Waals surface area contributed by atoms with Crippen molar-refractivity contribution in [1.29, 1.82) is 0 Å². The predicted octanol–water partition coefficient (Wildman–Crippen LogP) is 5.08. The van der Waals surface area contributed by atoms with Gasteiger partial charge in [-0.25, -0.2) is 9.97 Å². The Balaban J connectivity index is 1.93. The van der Waals surface area contributed by atoms with Gasteiger partial charge in [0.2, 0.25) is 0 Å². The molecule has 2 rings (SSSR count). The Kier molecular flexibility index (Phi) is 8.92. The van der Waals surface area contributed by atoms with Crippen molar-refractivity contribution in [3.8, 4) is 10.0 Å². The number of amides is 1. The van der Waals surface area contributed by atoms with Crippen LogP contribution in [0.5, 0.6) is 0 Å². The topological polar surface area (TPSA) is 54.9 Å². The lowest BCUT2D eigenvalue weighted by atomic mass is 10.1. The van der Waals surface area contributed by atoms with Gasteiger partial charge in [-0.3, -0.25) is 4.79 Å². The van der Waals surface area contributed by atoms with Crippen molar-refractivity contribution >= 4 is 41.2 Å². The number of unbranched alkanes of at least 4 members (excludes halogenated alkanes) is 4. The van der Waals surface area contributed by atoms with Crippen LogP contribution in [-0.2, 0) is 6.42 Å². The van der Waals surface area contributed by atoms with Crippen LogP contribution >= 0.6 is 35.3 Å². The van der Waals surface area contributed by atoms with Crippen LogP contribution in [0.15, 0.2) is 11.6 Å². The van der Waals surface area contributed by atoms with E-state index >= 15 is 0 Å². The van der Waals surface area contributed by atoms with E-state index in [4.69, 9.17) is 0 Å². The summed E-state index contributed by atoms with van der Waals surface area (Å²) in [6.45, 7) is 5.04. The molecule has 138 valence electrons. The number of carbonyl (C=O) groups excluding carboxylic acids is 1. The Morgan fingerprint density at radius 2 is 1.96 bits per heavy atom. The predicted molar refractivity (Wildman–Crippen MR) is 111 cm³/mol. The molecule has 2 heterocycles.